The third-order valence-electron chi connectivity index (χ3n) is 3.04. The smallest absolute Gasteiger partial charge is 0.404 e. The summed E-state index contributed by atoms with van der Waals surface area (Å²) in [6, 6.07) is 11.0. The van der Waals surface area contributed by atoms with Crippen LogP contribution in [0.4, 0.5) is 24.7 Å². The molecule has 1 aromatic heterocycles. The Balaban J connectivity index is 2.08. The lowest BCUT2D eigenvalue weighted by Gasteiger charge is -2.14. The van der Waals surface area contributed by atoms with Gasteiger partial charge in [0.15, 0.2) is 11.7 Å². The molecule has 0 unspecified atom stereocenters. The van der Waals surface area contributed by atoms with Crippen LogP contribution >= 0.6 is 0 Å². The fourth-order valence-electron chi connectivity index (χ4n) is 1.93. The molecule has 2 aromatic rings. The van der Waals surface area contributed by atoms with Crippen molar-refractivity contribution >= 4 is 17.5 Å². The fraction of sp³-hybridized carbons (Fsp3) is 0.250. The number of para-hydroxylation sites is 2. The minimum Gasteiger partial charge on any atom is -0.404 e. The van der Waals surface area contributed by atoms with E-state index in [1.807, 2.05) is 31.1 Å². The fourth-order valence-corrected chi connectivity index (χ4v) is 1.93. The molecule has 0 amide bonds. The molecule has 0 aliphatic heterocycles. The highest BCUT2D eigenvalue weighted by Crippen LogP contribution is 2.29. The summed E-state index contributed by atoms with van der Waals surface area (Å²) in [7, 11) is 3.73. The van der Waals surface area contributed by atoms with Crippen LogP contribution in [-0.2, 0) is 6.54 Å². The number of alkyl halides is 3. The van der Waals surface area contributed by atoms with Crippen molar-refractivity contribution in [3.63, 3.8) is 0 Å². The summed E-state index contributed by atoms with van der Waals surface area (Å²) < 4.78 is 41.2. The highest BCUT2D eigenvalue weighted by Gasteiger charge is 2.32. The molecule has 1 aromatic carbocycles. The summed E-state index contributed by atoms with van der Waals surface area (Å²) in [5.74, 6) is 0.333. The molecular weight excluding hydrogens is 335 g/mol. The topological polar surface area (TPSA) is 75.8 Å². The number of benzene rings is 1. The third kappa shape index (κ3) is 5.87. The maximum absolute atomic E-state index is 12.4. The number of nitrogens with two attached hydrogens (primary N) is 1. The standard InChI is InChI=1S/C16H18F3N5O/c1-24(2)14-9-5-6-11(22-14)10-21-15(20)23-12-7-3-4-8-13(12)25-16(17,18)19/h3-9H,10H2,1-2H3,(H3,20,21,23). The Morgan fingerprint density at radius 1 is 1.20 bits per heavy atom. The van der Waals surface area contributed by atoms with E-state index in [1.54, 1.807) is 12.1 Å². The van der Waals surface area contributed by atoms with Gasteiger partial charge in [0.05, 0.1) is 17.9 Å². The quantitative estimate of drug-likeness (QED) is 0.638. The molecule has 3 N–H and O–H groups in total. The van der Waals surface area contributed by atoms with Crippen LogP contribution in [0.5, 0.6) is 5.75 Å². The predicted molar refractivity (Wildman–Crippen MR) is 90.6 cm³/mol. The molecule has 25 heavy (non-hydrogen) atoms. The van der Waals surface area contributed by atoms with Gasteiger partial charge in [0.1, 0.15) is 5.82 Å². The Kier molecular flexibility index (Phi) is 5.68. The number of ether oxygens (including phenoxy) is 1. The van der Waals surface area contributed by atoms with Gasteiger partial charge in [0, 0.05) is 14.1 Å². The van der Waals surface area contributed by atoms with Crippen LogP contribution in [0.15, 0.2) is 47.5 Å². The van der Waals surface area contributed by atoms with Crippen molar-refractivity contribution in [1.82, 2.24) is 4.98 Å². The van der Waals surface area contributed by atoms with E-state index in [-0.39, 0.29) is 23.9 Å². The zero-order valence-corrected chi connectivity index (χ0v) is 13.7. The normalized spacial score (nSPS) is 12.0. The van der Waals surface area contributed by atoms with E-state index < -0.39 is 6.36 Å². The van der Waals surface area contributed by atoms with Crippen molar-refractivity contribution in [2.24, 2.45) is 10.7 Å². The lowest BCUT2D eigenvalue weighted by molar-refractivity contribution is -0.274. The van der Waals surface area contributed by atoms with E-state index in [0.717, 1.165) is 5.82 Å². The summed E-state index contributed by atoms with van der Waals surface area (Å²) in [5.41, 5.74) is 6.49. The van der Waals surface area contributed by atoms with Gasteiger partial charge in [0.2, 0.25) is 0 Å². The van der Waals surface area contributed by atoms with Gasteiger partial charge in [0.25, 0.3) is 0 Å². The van der Waals surface area contributed by atoms with Crippen LogP contribution in [0.2, 0.25) is 0 Å². The molecule has 0 fully saturated rings. The molecule has 0 aliphatic carbocycles. The summed E-state index contributed by atoms with van der Waals surface area (Å²) in [5, 5.41) is 2.61. The van der Waals surface area contributed by atoms with Crippen molar-refractivity contribution in [2.45, 2.75) is 12.9 Å². The Morgan fingerprint density at radius 2 is 1.92 bits per heavy atom. The first-order chi connectivity index (χ1) is 11.7. The van der Waals surface area contributed by atoms with Crippen molar-refractivity contribution in [2.75, 3.05) is 24.3 Å². The van der Waals surface area contributed by atoms with Gasteiger partial charge in [-0.05, 0) is 24.3 Å². The van der Waals surface area contributed by atoms with Crippen molar-refractivity contribution in [1.29, 1.82) is 0 Å². The van der Waals surface area contributed by atoms with E-state index in [4.69, 9.17) is 5.73 Å². The number of aliphatic imine (C=N–C) groups is 1. The average Bonchev–Trinajstić information content (AvgIpc) is 2.54. The molecule has 1 heterocycles. The Morgan fingerprint density at radius 3 is 2.60 bits per heavy atom. The van der Waals surface area contributed by atoms with Crippen LogP contribution in [0.25, 0.3) is 0 Å². The Bertz CT molecular complexity index is 747. The van der Waals surface area contributed by atoms with Gasteiger partial charge < -0.3 is 20.7 Å². The first-order valence-corrected chi connectivity index (χ1v) is 7.29. The lowest BCUT2D eigenvalue weighted by atomic mass is 10.3. The minimum atomic E-state index is -4.79. The van der Waals surface area contributed by atoms with Gasteiger partial charge in [-0.15, -0.1) is 13.2 Å². The number of hydrogen-bond acceptors (Lipinski definition) is 4. The zero-order valence-electron chi connectivity index (χ0n) is 13.7. The minimum absolute atomic E-state index is 0.0460. The number of hydrogen-bond donors (Lipinski definition) is 2. The second-order valence-electron chi connectivity index (χ2n) is 5.25. The molecule has 0 bridgehead atoms. The predicted octanol–water partition coefficient (Wildman–Crippen LogP) is 2.97. The monoisotopic (exact) mass is 353 g/mol. The van der Waals surface area contributed by atoms with E-state index in [9.17, 15) is 13.2 Å². The maximum atomic E-state index is 12.4. The summed E-state index contributed by atoms with van der Waals surface area (Å²) in [6.07, 6.45) is -4.79. The number of anilines is 2. The van der Waals surface area contributed by atoms with Gasteiger partial charge in [-0.25, -0.2) is 9.98 Å². The van der Waals surface area contributed by atoms with Gasteiger partial charge in [-0.2, -0.15) is 0 Å². The molecule has 2 rings (SSSR count). The molecule has 0 saturated carbocycles. The highest BCUT2D eigenvalue weighted by atomic mass is 19.4. The molecule has 134 valence electrons. The number of halogens is 3. The van der Waals surface area contributed by atoms with Crippen molar-refractivity contribution < 1.29 is 17.9 Å². The molecule has 0 spiro atoms. The van der Waals surface area contributed by atoms with Crippen LogP contribution < -0.4 is 20.7 Å². The van der Waals surface area contributed by atoms with Crippen molar-refractivity contribution in [3.8, 4) is 5.75 Å². The third-order valence-corrected chi connectivity index (χ3v) is 3.04. The van der Waals surface area contributed by atoms with Gasteiger partial charge >= 0.3 is 6.36 Å². The zero-order chi connectivity index (χ0) is 18.4. The van der Waals surface area contributed by atoms with Crippen LogP contribution in [0, 0.1) is 0 Å². The summed E-state index contributed by atoms with van der Waals surface area (Å²) in [4.78, 5) is 10.3. The number of guanidine groups is 1. The average molecular weight is 353 g/mol. The molecule has 0 atom stereocenters. The number of rotatable bonds is 5. The Labute approximate surface area is 143 Å². The molecule has 0 aliphatic rings. The highest BCUT2D eigenvalue weighted by molar-refractivity contribution is 5.93. The number of aromatic nitrogens is 1. The largest absolute Gasteiger partial charge is 0.573 e. The van der Waals surface area contributed by atoms with Crippen LogP contribution in [0.3, 0.4) is 0 Å². The molecule has 0 saturated heterocycles. The first kappa shape index (κ1) is 18.4. The first-order valence-electron chi connectivity index (χ1n) is 7.29. The van der Waals surface area contributed by atoms with Crippen molar-refractivity contribution in [3.05, 3.63) is 48.2 Å². The molecule has 0 radical (unpaired) electrons. The van der Waals surface area contributed by atoms with E-state index >= 15 is 0 Å². The van der Waals surface area contributed by atoms with Gasteiger partial charge in [-0.1, -0.05) is 18.2 Å². The van der Waals surface area contributed by atoms with Gasteiger partial charge in [-0.3, -0.25) is 0 Å². The number of nitrogens with zero attached hydrogens (tertiary/aromatic N) is 3. The van der Waals surface area contributed by atoms with E-state index in [2.05, 4.69) is 20.0 Å². The summed E-state index contributed by atoms with van der Waals surface area (Å²) in [6.45, 7) is 0.183. The Hall–Kier alpha value is -2.97. The second kappa shape index (κ2) is 7.73. The number of pyridine rings is 1. The van der Waals surface area contributed by atoms with E-state index in [0.29, 0.717) is 5.69 Å². The van der Waals surface area contributed by atoms with Crippen LogP contribution in [-0.4, -0.2) is 31.4 Å². The lowest BCUT2D eigenvalue weighted by Crippen LogP contribution is -2.24. The summed E-state index contributed by atoms with van der Waals surface area (Å²) >= 11 is 0. The second-order valence-corrected chi connectivity index (χ2v) is 5.25. The maximum Gasteiger partial charge on any atom is 0.573 e. The SMILES string of the molecule is CN(C)c1cccc(CN=C(N)Nc2ccccc2OC(F)(F)F)n1. The number of nitrogens with one attached hydrogen (secondary N) is 1. The molecule has 9 heteroatoms. The van der Waals surface area contributed by atoms with E-state index in [1.165, 1.54) is 18.2 Å². The molecule has 6 nitrogen and oxygen atoms in total. The molecular formula is C16H18F3N5O. The van der Waals surface area contributed by atoms with Crippen LogP contribution in [0.1, 0.15) is 5.69 Å².